The van der Waals surface area contributed by atoms with E-state index in [9.17, 15) is 19.5 Å². The number of carbonyl (C=O) groups excluding carboxylic acids is 2. The first-order valence-electron chi connectivity index (χ1n) is 7.49. The van der Waals surface area contributed by atoms with Crippen LogP contribution in [0.3, 0.4) is 0 Å². The summed E-state index contributed by atoms with van der Waals surface area (Å²) >= 11 is 0. The fourth-order valence-corrected chi connectivity index (χ4v) is 3.52. The molecular weight excluding hydrogens is 314 g/mol. The van der Waals surface area contributed by atoms with Crippen molar-refractivity contribution in [3.8, 4) is 0 Å². The van der Waals surface area contributed by atoms with Crippen molar-refractivity contribution < 1.29 is 29.0 Å². The van der Waals surface area contributed by atoms with Crippen LogP contribution in [-0.4, -0.2) is 43.3 Å². The SMILES string of the molecule is COC(=O)c1ccc(C(=O)OC)c2c1N[C@@H](C(=O)O)[C@H]1CC=C[C@@H]21. The molecule has 0 saturated carbocycles. The van der Waals surface area contributed by atoms with E-state index in [1.807, 2.05) is 12.2 Å². The highest BCUT2D eigenvalue weighted by molar-refractivity contribution is 6.02. The number of esters is 2. The zero-order valence-electron chi connectivity index (χ0n) is 13.2. The van der Waals surface area contributed by atoms with Gasteiger partial charge in [-0.3, -0.25) is 0 Å². The average Bonchev–Trinajstić information content (AvgIpc) is 3.08. The second-order valence-corrected chi connectivity index (χ2v) is 5.75. The highest BCUT2D eigenvalue weighted by Crippen LogP contribution is 2.47. The standard InChI is InChI=1S/C17H17NO6/c1-23-16(21)10-6-7-11(17(22)24-2)13-12(10)8-4-3-5-9(8)14(18-13)15(19)20/h3-4,6-9,14,18H,5H2,1-2H3,(H,19,20)/t8-,9+,14-/m1/s1. The van der Waals surface area contributed by atoms with Crippen LogP contribution < -0.4 is 5.32 Å². The number of aliphatic carboxylic acids is 1. The van der Waals surface area contributed by atoms with Crippen molar-refractivity contribution in [1.29, 1.82) is 0 Å². The number of carboxylic acids is 1. The van der Waals surface area contributed by atoms with Crippen LogP contribution in [0.2, 0.25) is 0 Å². The zero-order chi connectivity index (χ0) is 17.4. The smallest absolute Gasteiger partial charge is 0.339 e. The number of rotatable bonds is 3. The lowest BCUT2D eigenvalue weighted by Crippen LogP contribution is -2.43. The number of hydrogen-bond donors (Lipinski definition) is 2. The predicted octanol–water partition coefficient (Wildman–Crippen LogP) is 1.80. The summed E-state index contributed by atoms with van der Waals surface area (Å²) in [6.07, 6.45) is 4.36. The van der Waals surface area contributed by atoms with Crippen LogP contribution in [0, 0.1) is 5.92 Å². The Morgan fingerprint density at radius 3 is 2.38 bits per heavy atom. The lowest BCUT2D eigenvalue weighted by atomic mass is 9.76. The van der Waals surface area contributed by atoms with Gasteiger partial charge in [0, 0.05) is 11.8 Å². The summed E-state index contributed by atoms with van der Waals surface area (Å²) in [5, 5.41) is 12.4. The maximum Gasteiger partial charge on any atom is 0.339 e. The molecule has 0 saturated heterocycles. The largest absolute Gasteiger partial charge is 0.480 e. The van der Waals surface area contributed by atoms with Crippen LogP contribution >= 0.6 is 0 Å². The monoisotopic (exact) mass is 331 g/mol. The number of fused-ring (bicyclic) bond motifs is 3. The number of hydrogen-bond acceptors (Lipinski definition) is 6. The predicted molar refractivity (Wildman–Crippen MR) is 84.2 cm³/mol. The fraction of sp³-hybridized carbons (Fsp3) is 0.353. The summed E-state index contributed by atoms with van der Waals surface area (Å²) in [5.74, 6) is -2.64. The lowest BCUT2D eigenvalue weighted by Gasteiger charge is -2.36. The molecule has 0 bridgehead atoms. The Bertz CT molecular complexity index is 754. The quantitative estimate of drug-likeness (QED) is 0.643. The van der Waals surface area contributed by atoms with E-state index in [1.54, 1.807) is 0 Å². The molecule has 2 aliphatic rings. The normalized spacial score (nSPS) is 23.7. The Hall–Kier alpha value is -2.83. The van der Waals surface area contributed by atoms with Crippen molar-refractivity contribution in [2.45, 2.75) is 18.4 Å². The maximum atomic E-state index is 12.1. The first-order valence-corrected chi connectivity index (χ1v) is 7.49. The third-order valence-electron chi connectivity index (χ3n) is 4.60. The Morgan fingerprint density at radius 2 is 1.75 bits per heavy atom. The second-order valence-electron chi connectivity index (χ2n) is 5.75. The van der Waals surface area contributed by atoms with Gasteiger partial charge in [0.1, 0.15) is 6.04 Å². The first-order chi connectivity index (χ1) is 11.5. The van der Waals surface area contributed by atoms with Gasteiger partial charge in [0.2, 0.25) is 0 Å². The van der Waals surface area contributed by atoms with Gasteiger partial charge in [0.05, 0.1) is 31.0 Å². The summed E-state index contributed by atoms with van der Waals surface area (Å²) in [6.45, 7) is 0. The molecule has 0 amide bonds. The third-order valence-corrected chi connectivity index (χ3v) is 4.60. The maximum absolute atomic E-state index is 12.1. The van der Waals surface area contributed by atoms with Crippen LogP contribution in [-0.2, 0) is 14.3 Å². The van der Waals surface area contributed by atoms with E-state index in [2.05, 4.69) is 5.32 Å². The molecule has 0 aromatic heterocycles. The third kappa shape index (κ3) is 2.33. The molecule has 0 spiro atoms. The van der Waals surface area contributed by atoms with Crippen molar-refractivity contribution in [3.05, 3.63) is 41.0 Å². The highest BCUT2D eigenvalue weighted by atomic mass is 16.5. The number of carbonyl (C=O) groups is 3. The molecule has 1 aromatic carbocycles. The number of carboxylic acid groups (broad SMARTS) is 1. The van der Waals surface area contributed by atoms with Crippen molar-refractivity contribution in [2.75, 3.05) is 19.5 Å². The molecule has 1 aliphatic carbocycles. The first kappa shape index (κ1) is 16.0. The van der Waals surface area contributed by atoms with Gasteiger partial charge in [-0.25, -0.2) is 14.4 Å². The number of benzene rings is 1. The van der Waals surface area contributed by atoms with Gasteiger partial charge in [-0.05, 0) is 24.1 Å². The van der Waals surface area contributed by atoms with Crippen LogP contribution in [0.25, 0.3) is 0 Å². The van der Waals surface area contributed by atoms with Crippen LogP contribution in [0.5, 0.6) is 0 Å². The Morgan fingerprint density at radius 1 is 1.12 bits per heavy atom. The topological polar surface area (TPSA) is 102 Å². The van der Waals surface area contributed by atoms with E-state index in [0.29, 0.717) is 23.2 Å². The fourth-order valence-electron chi connectivity index (χ4n) is 3.52. The molecule has 24 heavy (non-hydrogen) atoms. The average molecular weight is 331 g/mol. The minimum Gasteiger partial charge on any atom is -0.480 e. The van der Waals surface area contributed by atoms with E-state index < -0.39 is 23.9 Å². The number of allylic oxidation sites excluding steroid dienone is 2. The zero-order valence-corrected chi connectivity index (χ0v) is 13.2. The van der Waals surface area contributed by atoms with Gasteiger partial charge in [0.25, 0.3) is 0 Å². The molecule has 1 aliphatic heterocycles. The molecule has 7 nitrogen and oxygen atoms in total. The number of anilines is 1. The number of ether oxygens (including phenoxy) is 2. The number of methoxy groups -OCH3 is 2. The van der Waals surface area contributed by atoms with Crippen LogP contribution in [0.1, 0.15) is 38.6 Å². The van der Waals surface area contributed by atoms with E-state index in [-0.39, 0.29) is 17.4 Å². The molecular formula is C17H17NO6. The van der Waals surface area contributed by atoms with E-state index in [4.69, 9.17) is 9.47 Å². The van der Waals surface area contributed by atoms with Crippen LogP contribution in [0.15, 0.2) is 24.3 Å². The second kappa shape index (κ2) is 5.99. The molecule has 1 heterocycles. The molecule has 0 unspecified atom stereocenters. The Balaban J connectivity index is 2.24. The van der Waals surface area contributed by atoms with Gasteiger partial charge < -0.3 is 19.9 Å². The molecule has 7 heteroatoms. The summed E-state index contributed by atoms with van der Waals surface area (Å²) in [4.78, 5) is 35.8. The highest BCUT2D eigenvalue weighted by Gasteiger charge is 2.44. The van der Waals surface area contributed by atoms with E-state index in [0.717, 1.165) is 0 Å². The van der Waals surface area contributed by atoms with Gasteiger partial charge in [0.15, 0.2) is 0 Å². The van der Waals surface area contributed by atoms with Crippen molar-refractivity contribution >= 4 is 23.6 Å². The molecule has 3 rings (SSSR count). The minimum atomic E-state index is -1.00. The van der Waals surface area contributed by atoms with Crippen molar-refractivity contribution in [1.82, 2.24) is 0 Å². The van der Waals surface area contributed by atoms with Gasteiger partial charge >= 0.3 is 17.9 Å². The van der Waals surface area contributed by atoms with Gasteiger partial charge in [-0.2, -0.15) is 0 Å². The van der Waals surface area contributed by atoms with Crippen LogP contribution in [0.4, 0.5) is 5.69 Å². The molecule has 126 valence electrons. The lowest BCUT2D eigenvalue weighted by molar-refractivity contribution is -0.139. The Labute approximate surface area is 138 Å². The molecule has 2 N–H and O–H groups in total. The van der Waals surface area contributed by atoms with Gasteiger partial charge in [-0.1, -0.05) is 12.2 Å². The van der Waals surface area contributed by atoms with E-state index in [1.165, 1.54) is 26.4 Å². The number of nitrogens with one attached hydrogen (secondary N) is 1. The van der Waals surface area contributed by atoms with Crippen molar-refractivity contribution in [3.63, 3.8) is 0 Å². The molecule has 3 atom stereocenters. The van der Waals surface area contributed by atoms with E-state index >= 15 is 0 Å². The summed E-state index contributed by atoms with van der Waals surface area (Å²) in [6, 6.07) is 2.11. The molecule has 1 aromatic rings. The minimum absolute atomic E-state index is 0.199. The van der Waals surface area contributed by atoms with Gasteiger partial charge in [-0.15, -0.1) is 0 Å². The molecule has 0 radical (unpaired) electrons. The summed E-state index contributed by atoms with van der Waals surface area (Å²) in [5.41, 5.74) is 1.43. The van der Waals surface area contributed by atoms with Crippen molar-refractivity contribution in [2.24, 2.45) is 5.92 Å². The summed E-state index contributed by atoms with van der Waals surface area (Å²) in [7, 11) is 2.53. The molecule has 0 fully saturated rings. The summed E-state index contributed by atoms with van der Waals surface area (Å²) < 4.78 is 9.60. The Kier molecular flexibility index (Phi) is 4.01.